The number of hydrogen-bond donors (Lipinski definition) is 0. The molecule has 0 amide bonds. The van der Waals surface area contributed by atoms with Crippen molar-refractivity contribution in [1.82, 2.24) is 0 Å². The zero-order valence-electron chi connectivity index (χ0n) is 6.64. The van der Waals surface area contributed by atoms with Gasteiger partial charge in [0.05, 0.1) is 6.42 Å². The molecule has 70 valence electrons. The van der Waals surface area contributed by atoms with E-state index < -0.39 is 17.3 Å². The van der Waals surface area contributed by atoms with Gasteiger partial charge in [-0.15, -0.1) is 0 Å². The van der Waals surface area contributed by atoms with Crippen molar-refractivity contribution in [2.75, 3.05) is 0 Å². The molecule has 1 aromatic carbocycles. The Morgan fingerprint density at radius 1 is 1.38 bits per heavy atom. The summed E-state index contributed by atoms with van der Waals surface area (Å²) in [4.78, 5) is 10.8. The summed E-state index contributed by atoms with van der Waals surface area (Å²) in [6, 6.07) is 8.76. The predicted octanol–water partition coefficient (Wildman–Crippen LogP) is 0.566. The maximum absolute atomic E-state index is 10.8. The van der Waals surface area contributed by atoms with E-state index in [-0.39, 0.29) is 6.42 Å². The Labute approximate surface area is 78.0 Å². The second-order valence-electron chi connectivity index (χ2n) is 2.32. The van der Waals surface area contributed by atoms with Gasteiger partial charge in [-0.05, 0) is 5.56 Å². The van der Waals surface area contributed by atoms with Crippen LogP contribution in [0.1, 0.15) is 5.56 Å². The summed E-state index contributed by atoms with van der Waals surface area (Å²) in [5, 5.41) is 0. The maximum Gasteiger partial charge on any atom is 0.323 e. The molecule has 0 N–H and O–H groups in total. The molecule has 1 rings (SSSR count). The van der Waals surface area contributed by atoms with E-state index in [1.807, 2.05) is 0 Å². The van der Waals surface area contributed by atoms with Gasteiger partial charge in [0, 0.05) is 0 Å². The van der Waals surface area contributed by atoms with Crippen molar-refractivity contribution in [2.24, 2.45) is 0 Å². The molecule has 1 atom stereocenters. The molecular weight excluding hydrogens is 192 g/mol. The van der Waals surface area contributed by atoms with Gasteiger partial charge in [-0.3, -0.25) is 4.79 Å². The Hall–Kier alpha value is -1.20. The number of hydrogen-bond acceptors (Lipinski definition) is 4. The summed E-state index contributed by atoms with van der Waals surface area (Å²) in [7, 11) is 0. The van der Waals surface area contributed by atoms with Crippen LogP contribution in [0.15, 0.2) is 30.3 Å². The van der Waals surface area contributed by atoms with E-state index in [4.69, 9.17) is 0 Å². The Kier molecular flexibility index (Phi) is 3.60. The van der Waals surface area contributed by atoms with Crippen molar-refractivity contribution in [1.29, 1.82) is 0 Å². The van der Waals surface area contributed by atoms with Crippen LogP contribution in [-0.4, -0.2) is 14.7 Å². The molecule has 0 heterocycles. The van der Waals surface area contributed by atoms with Crippen molar-refractivity contribution < 1.29 is 17.7 Å². The smallest absolute Gasteiger partial charge is 0.323 e. The number of rotatable bonds is 3. The largest absolute Gasteiger partial charge is 0.740 e. The van der Waals surface area contributed by atoms with Gasteiger partial charge in [0.15, 0.2) is 0 Å². The minimum Gasteiger partial charge on any atom is -0.740 e. The van der Waals surface area contributed by atoms with Crippen LogP contribution in [0.25, 0.3) is 0 Å². The lowest BCUT2D eigenvalue weighted by Gasteiger charge is -2.04. The molecule has 0 radical (unpaired) electrons. The molecule has 1 aromatic rings. The molecule has 4 nitrogen and oxygen atoms in total. The first-order valence-corrected chi connectivity index (χ1v) is 4.53. The fourth-order valence-electron chi connectivity index (χ4n) is 0.868. The topological polar surface area (TPSA) is 66.4 Å². The zero-order chi connectivity index (χ0) is 9.68. The SMILES string of the molecule is O=C(Cc1ccccc1)OS(=O)[O-]. The van der Waals surface area contributed by atoms with E-state index in [0.29, 0.717) is 0 Å². The van der Waals surface area contributed by atoms with Crippen LogP contribution in [0.5, 0.6) is 0 Å². The van der Waals surface area contributed by atoms with E-state index in [9.17, 15) is 13.6 Å². The zero-order valence-corrected chi connectivity index (χ0v) is 7.45. The van der Waals surface area contributed by atoms with Gasteiger partial charge >= 0.3 is 5.97 Å². The van der Waals surface area contributed by atoms with E-state index in [2.05, 4.69) is 4.18 Å². The highest BCUT2D eigenvalue weighted by molar-refractivity contribution is 7.74. The standard InChI is InChI=1S/C8H8O4S/c9-8(12-13(10)11)6-7-4-2-1-3-5-7/h1-5H,6H2,(H,10,11)/p-1. The number of carbonyl (C=O) groups is 1. The highest BCUT2D eigenvalue weighted by atomic mass is 32.2. The normalized spacial score (nSPS) is 12.1. The fourth-order valence-corrected chi connectivity index (χ4v) is 1.08. The van der Waals surface area contributed by atoms with Crippen LogP contribution in [0.3, 0.4) is 0 Å². The molecule has 0 saturated heterocycles. The highest BCUT2D eigenvalue weighted by Crippen LogP contribution is 2.00. The van der Waals surface area contributed by atoms with Crippen LogP contribution in [0, 0.1) is 0 Å². The molecule has 5 heteroatoms. The summed E-state index contributed by atoms with van der Waals surface area (Å²) < 4.78 is 23.8. The van der Waals surface area contributed by atoms with Gasteiger partial charge in [-0.25, -0.2) is 4.21 Å². The number of benzene rings is 1. The first-order valence-electron chi connectivity index (χ1n) is 3.53. The van der Waals surface area contributed by atoms with Crippen molar-refractivity contribution in [3.63, 3.8) is 0 Å². The predicted molar refractivity (Wildman–Crippen MR) is 45.2 cm³/mol. The summed E-state index contributed by atoms with van der Waals surface area (Å²) in [6.07, 6.45) is -0.0329. The molecule has 1 unspecified atom stereocenters. The molecule has 0 aliphatic heterocycles. The minimum atomic E-state index is -2.77. The van der Waals surface area contributed by atoms with E-state index >= 15 is 0 Å². The maximum atomic E-state index is 10.8. The van der Waals surface area contributed by atoms with Gasteiger partial charge in [0.25, 0.3) is 0 Å². The molecule has 13 heavy (non-hydrogen) atoms. The molecule has 0 fully saturated rings. The molecule has 0 aliphatic rings. The molecular formula is C8H7O4S-. The Bertz CT molecular complexity index is 309. The van der Waals surface area contributed by atoms with Gasteiger partial charge in [-0.1, -0.05) is 30.3 Å². The van der Waals surface area contributed by atoms with Crippen molar-refractivity contribution in [2.45, 2.75) is 6.42 Å². The summed E-state index contributed by atoms with van der Waals surface area (Å²) in [5.41, 5.74) is 0.720. The third kappa shape index (κ3) is 3.82. The lowest BCUT2D eigenvalue weighted by molar-refractivity contribution is -0.133. The lowest BCUT2D eigenvalue weighted by Crippen LogP contribution is -2.09. The van der Waals surface area contributed by atoms with Gasteiger partial charge in [0.1, 0.15) is 11.4 Å². The van der Waals surface area contributed by atoms with Crippen molar-refractivity contribution >= 4 is 17.3 Å². The van der Waals surface area contributed by atoms with E-state index in [1.54, 1.807) is 30.3 Å². The Morgan fingerprint density at radius 3 is 2.54 bits per heavy atom. The average molecular weight is 199 g/mol. The van der Waals surface area contributed by atoms with Crippen LogP contribution in [0.4, 0.5) is 0 Å². The second kappa shape index (κ2) is 4.74. The highest BCUT2D eigenvalue weighted by Gasteiger charge is 2.03. The molecule has 0 bridgehead atoms. The molecule has 0 spiro atoms. The second-order valence-corrected chi connectivity index (χ2v) is 2.90. The number of carbonyl (C=O) groups excluding carboxylic acids is 1. The van der Waals surface area contributed by atoms with Crippen LogP contribution >= 0.6 is 0 Å². The van der Waals surface area contributed by atoms with Crippen LogP contribution in [-0.2, 0) is 26.8 Å². The third-order valence-corrected chi connectivity index (χ3v) is 1.67. The van der Waals surface area contributed by atoms with Crippen molar-refractivity contribution in [3.05, 3.63) is 35.9 Å². The Balaban J connectivity index is 2.50. The van der Waals surface area contributed by atoms with E-state index in [1.165, 1.54) is 0 Å². The molecule has 0 saturated carbocycles. The quantitative estimate of drug-likeness (QED) is 0.667. The van der Waals surface area contributed by atoms with Crippen molar-refractivity contribution in [3.8, 4) is 0 Å². The average Bonchev–Trinajstić information content (AvgIpc) is 2.04. The molecule has 0 aliphatic carbocycles. The lowest BCUT2D eigenvalue weighted by atomic mass is 10.2. The van der Waals surface area contributed by atoms with Crippen LogP contribution in [0.2, 0.25) is 0 Å². The fraction of sp³-hybridized carbons (Fsp3) is 0.125. The van der Waals surface area contributed by atoms with Crippen LogP contribution < -0.4 is 0 Å². The van der Waals surface area contributed by atoms with E-state index in [0.717, 1.165) is 5.56 Å². The monoisotopic (exact) mass is 199 g/mol. The first-order chi connectivity index (χ1) is 6.18. The third-order valence-electron chi connectivity index (χ3n) is 1.35. The summed E-state index contributed by atoms with van der Waals surface area (Å²) in [5.74, 6) is -0.778. The van der Waals surface area contributed by atoms with Gasteiger partial charge in [0.2, 0.25) is 0 Å². The Morgan fingerprint density at radius 2 is 2.00 bits per heavy atom. The first kappa shape index (κ1) is 9.88. The minimum absolute atomic E-state index is 0.0329. The van der Waals surface area contributed by atoms with Gasteiger partial charge < -0.3 is 8.74 Å². The molecule has 0 aromatic heterocycles. The van der Waals surface area contributed by atoms with Gasteiger partial charge in [-0.2, -0.15) is 0 Å². The summed E-state index contributed by atoms with van der Waals surface area (Å²) >= 11 is -2.77. The summed E-state index contributed by atoms with van der Waals surface area (Å²) in [6.45, 7) is 0.